The first kappa shape index (κ1) is 13.0. The van der Waals surface area contributed by atoms with E-state index in [1.807, 2.05) is 13.0 Å². The van der Waals surface area contributed by atoms with Crippen LogP contribution < -0.4 is 0 Å². The molecular formula is C11H19NO2. The Morgan fingerprint density at radius 2 is 2.21 bits per heavy atom. The Kier molecular flexibility index (Phi) is 7.92. The second-order valence-corrected chi connectivity index (χ2v) is 3.32. The number of carbonyl (C=O) groups excluding carboxylic acids is 1. The fourth-order valence-corrected chi connectivity index (χ4v) is 1.25. The molecule has 1 atom stereocenters. The predicted molar refractivity (Wildman–Crippen MR) is 54.5 cm³/mol. The molecule has 0 saturated carbocycles. The molecule has 0 aliphatic heterocycles. The van der Waals surface area contributed by atoms with E-state index in [0.29, 0.717) is 0 Å². The minimum absolute atomic E-state index is 0.0219. The van der Waals surface area contributed by atoms with Crippen molar-refractivity contribution in [1.82, 2.24) is 0 Å². The van der Waals surface area contributed by atoms with Crippen LogP contribution in [0.1, 0.15) is 46.0 Å². The fraction of sp³-hybridized carbons (Fsp3) is 0.818. The second-order valence-electron chi connectivity index (χ2n) is 3.32. The van der Waals surface area contributed by atoms with Gasteiger partial charge in [0.25, 0.3) is 0 Å². The molecule has 0 heterocycles. The van der Waals surface area contributed by atoms with Gasteiger partial charge in [-0.3, -0.25) is 4.79 Å². The Hall–Kier alpha value is -1.04. The predicted octanol–water partition coefficient (Wildman–Crippen LogP) is 2.66. The molecule has 1 unspecified atom stereocenters. The highest BCUT2D eigenvalue weighted by Crippen LogP contribution is 2.14. The van der Waals surface area contributed by atoms with Crippen LogP contribution in [0.2, 0.25) is 0 Å². The molecule has 3 nitrogen and oxygen atoms in total. The van der Waals surface area contributed by atoms with Crippen molar-refractivity contribution >= 4 is 5.97 Å². The van der Waals surface area contributed by atoms with E-state index in [2.05, 4.69) is 6.92 Å². The van der Waals surface area contributed by atoms with Gasteiger partial charge in [0, 0.05) is 0 Å². The van der Waals surface area contributed by atoms with Gasteiger partial charge in [-0.1, -0.05) is 26.7 Å². The van der Waals surface area contributed by atoms with Gasteiger partial charge in [0.1, 0.15) is 6.61 Å². The zero-order valence-corrected chi connectivity index (χ0v) is 9.08. The van der Waals surface area contributed by atoms with Gasteiger partial charge in [-0.15, -0.1) is 0 Å². The summed E-state index contributed by atoms with van der Waals surface area (Å²) in [7, 11) is 0. The third-order valence-corrected chi connectivity index (χ3v) is 2.19. The van der Waals surface area contributed by atoms with Crippen molar-refractivity contribution in [3.05, 3.63) is 0 Å². The molecule has 0 aliphatic carbocycles. The van der Waals surface area contributed by atoms with E-state index in [9.17, 15) is 4.79 Å². The van der Waals surface area contributed by atoms with Crippen LogP contribution in [0.4, 0.5) is 0 Å². The van der Waals surface area contributed by atoms with Crippen LogP contribution in [0.5, 0.6) is 0 Å². The quantitative estimate of drug-likeness (QED) is 0.465. The molecule has 0 fully saturated rings. The number of rotatable bonds is 7. The smallest absolute Gasteiger partial charge is 0.308 e. The highest BCUT2D eigenvalue weighted by Gasteiger charge is 2.16. The molecular weight excluding hydrogens is 178 g/mol. The molecule has 0 aromatic rings. The molecule has 0 bridgehead atoms. The maximum absolute atomic E-state index is 11.4. The zero-order chi connectivity index (χ0) is 10.8. The van der Waals surface area contributed by atoms with Gasteiger partial charge in [-0.25, -0.2) is 0 Å². The van der Waals surface area contributed by atoms with E-state index in [1.54, 1.807) is 0 Å². The Balaban J connectivity index is 3.74. The first-order valence-corrected chi connectivity index (χ1v) is 5.29. The summed E-state index contributed by atoms with van der Waals surface area (Å²) in [6, 6.07) is 1.95. The maximum Gasteiger partial charge on any atom is 0.308 e. The number of unbranched alkanes of at least 4 members (excludes halogenated alkanes) is 1. The van der Waals surface area contributed by atoms with Crippen molar-refractivity contribution < 1.29 is 9.53 Å². The summed E-state index contributed by atoms with van der Waals surface area (Å²) >= 11 is 0. The van der Waals surface area contributed by atoms with Crippen LogP contribution in [-0.2, 0) is 9.53 Å². The van der Waals surface area contributed by atoms with E-state index in [0.717, 1.165) is 25.7 Å². The first-order valence-electron chi connectivity index (χ1n) is 5.29. The summed E-state index contributed by atoms with van der Waals surface area (Å²) in [4.78, 5) is 11.4. The van der Waals surface area contributed by atoms with Crippen LogP contribution in [0, 0.1) is 17.2 Å². The van der Waals surface area contributed by atoms with E-state index in [-0.39, 0.29) is 24.9 Å². The van der Waals surface area contributed by atoms with Crippen LogP contribution in [0.3, 0.4) is 0 Å². The molecule has 0 N–H and O–H groups in total. The number of hydrogen-bond acceptors (Lipinski definition) is 3. The SMILES string of the molecule is CCCCC(CC)C(=O)OCCC#N. The monoisotopic (exact) mass is 197 g/mol. The topological polar surface area (TPSA) is 50.1 Å². The average Bonchev–Trinajstić information content (AvgIpc) is 2.19. The van der Waals surface area contributed by atoms with Crippen LogP contribution in [0.25, 0.3) is 0 Å². The van der Waals surface area contributed by atoms with Gasteiger partial charge in [0.15, 0.2) is 0 Å². The van der Waals surface area contributed by atoms with Gasteiger partial charge < -0.3 is 4.74 Å². The highest BCUT2D eigenvalue weighted by atomic mass is 16.5. The number of hydrogen-bond donors (Lipinski definition) is 0. The zero-order valence-electron chi connectivity index (χ0n) is 9.08. The first-order chi connectivity index (χ1) is 6.76. The molecule has 0 rings (SSSR count). The third-order valence-electron chi connectivity index (χ3n) is 2.19. The van der Waals surface area contributed by atoms with E-state index in [4.69, 9.17) is 10.00 Å². The summed E-state index contributed by atoms with van der Waals surface area (Å²) in [5.74, 6) is -0.121. The van der Waals surface area contributed by atoms with Crippen LogP contribution in [-0.4, -0.2) is 12.6 Å². The summed E-state index contributed by atoms with van der Waals surface area (Å²) < 4.78 is 4.97. The largest absolute Gasteiger partial charge is 0.464 e. The van der Waals surface area contributed by atoms with Crippen molar-refractivity contribution in [2.24, 2.45) is 5.92 Å². The molecule has 3 heteroatoms. The van der Waals surface area contributed by atoms with Crippen molar-refractivity contribution in [2.45, 2.75) is 46.0 Å². The normalized spacial score (nSPS) is 11.8. The summed E-state index contributed by atoms with van der Waals surface area (Å²) in [6.07, 6.45) is 4.17. The van der Waals surface area contributed by atoms with Crippen LogP contribution in [0.15, 0.2) is 0 Å². The number of ether oxygens (including phenoxy) is 1. The summed E-state index contributed by atoms with van der Waals surface area (Å²) in [5.41, 5.74) is 0. The molecule has 0 aliphatic rings. The molecule has 14 heavy (non-hydrogen) atoms. The lowest BCUT2D eigenvalue weighted by Crippen LogP contribution is -2.17. The number of carbonyl (C=O) groups is 1. The molecule has 0 spiro atoms. The summed E-state index contributed by atoms with van der Waals surface area (Å²) in [5, 5.41) is 8.28. The molecule has 0 aromatic carbocycles. The Labute approximate surface area is 86.1 Å². The molecule has 0 aromatic heterocycles. The lowest BCUT2D eigenvalue weighted by atomic mass is 10.00. The van der Waals surface area contributed by atoms with Crippen molar-refractivity contribution in [3.8, 4) is 6.07 Å². The standard InChI is InChI=1S/C11H19NO2/c1-3-5-7-10(4-2)11(13)14-9-6-8-12/h10H,3-7,9H2,1-2H3. The van der Waals surface area contributed by atoms with Crippen molar-refractivity contribution in [2.75, 3.05) is 6.61 Å². The number of nitriles is 1. The van der Waals surface area contributed by atoms with E-state index >= 15 is 0 Å². The number of esters is 1. The molecule has 0 saturated heterocycles. The second kappa shape index (κ2) is 8.55. The van der Waals surface area contributed by atoms with Crippen molar-refractivity contribution in [1.29, 1.82) is 5.26 Å². The van der Waals surface area contributed by atoms with Gasteiger partial charge in [-0.2, -0.15) is 5.26 Å². The Morgan fingerprint density at radius 3 is 2.71 bits per heavy atom. The Morgan fingerprint density at radius 1 is 1.50 bits per heavy atom. The molecule has 0 radical (unpaired) electrons. The minimum Gasteiger partial charge on any atom is -0.464 e. The van der Waals surface area contributed by atoms with Gasteiger partial charge in [-0.05, 0) is 12.8 Å². The lowest BCUT2D eigenvalue weighted by molar-refractivity contribution is -0.148. The molecule has 80 valence electrons. The lowest BCUT2D eigenvalue weighted by Gasteiger charge is -2.12. The van der Waals surface area contributed by atoms with Crippen LogP contribution >= 0.6 is 0 Å². The highest BCUT2D eigenvalue weighted by molar-refractivity contribution is 5.72. The fourth-order valence-electron chi connectivity index (χ4n) is 1.25. The summed E-state index contributed by atoms with van der Waals surface area (Å²) in [6.45, 7) is 4.33. The maximum atomic E-state index is 11.4. The van der Waals surface area contributed by atoms with E-state index < -0.39 is 0 Å². The van der Waals surface area contributed by atoms with Gasteiger partial charge >= 0.3 is 5.97 Å². The van der Waals surface area contributed by atoms with E-state index in [1.165, 1.54) is 0 Å². The van der Waals surface area contributed by atoms with Crippen molar-refractivity contribution in [3.63, 3.8) is 0 Å². The molecule has 0 amide bonds. The number of nitrogens with zero attached hydrogens (tertiary/aromatic N) is 1. The van der Waals surface area contributed by atoms with Gasteiger partial charge in [0.2, 0.25) is 0 Å². The minimum atomic E-state index is -0.142. The third kappa shape index (κ3) is 5.58. The average molecular weight is 197 g/mol. The van der Waals surface area contributed by atoms with Gasteiger partial charge in [0.05, 0.1) is 18.4 Å². The Bertz CT molecular complexity index is 196.